The number of hydrogen-bond acceptors (Lipinski definition) is 3. The number of nitrogens with two attached hydrogens (primary N) is 1. The average Bonchev–Trinajstić information content (AvgIpc) is 3.22. The molecule has 1 aromatic carbocycles. The van der Waals surface area contributed by atoms with E-state index in [2.05, 4.69) is 0 Å². The van der Waals surface area contributed by atoms with Gasteiger partial charge in [-0.05, 0) is 42.9 Å². The molecule has 2 aliphatic rings. The predicted molar refractivity (Wildman–Crippen MR) is 73.0 cm³/mol. The maximum atomic E-state index is 12.7. The van der Waals surface area contributed by atoms with E-state index in [9.17, 15) is 4.79 Å². The summed E-state index contributed by atoms with van der Waals surface area (Å²) in [4.78, 5) is 14.5. The minimum Gasteiger partial charge on any atom is -0.496 e. The van der Waals surface area contributed by atoms with Crippen molar-refractivity contribution in [2.45, 2.75) is 37.3 Å². The van der Waals surface area contributed by atoms with Gasteiger partial charge in [0.05, 0.1) is 7.11 Å². The van der Waals surface area contributed by atoms with E-state index in [1.807, 2.05) is 30.1 Å². The standard InChI is InChI=1S/C15H20N2O2/c1-17(10-6-7-10)14(18)15(16)9-8-11-12(15)4-3-5-13(11)19-2/h3-5,10H,6-9,16H2,1-2H3. The highest BCUT2D eigenvalue weighted by atomic mass is 16.5. The number of rotatable bonds is 3. The normalized spacial score (nSPS) is 25.0. The number of fused-ring (bicyclic) bond motifs is 1. The third-order valence-electron chi connectivity index (χ3n) is 4.40. The van der Waals surface area contributed by atoms with Crippen molar-refractivity contribution in [3.63, 3.8) is 0 Å². The number of ether oxygens (including phenoxy) is 1. The van der Waals surface area contributed by atoms with Crippen molar-refractivity contribution in [2.75, 3.05) is 14.2 Å². The lowest BCUT2D eigenvalue weighted by molar-refractivity contribution is -0.136. The lowest BCUT2D eigenvalue weighted by atomic mass is 9.91. The van der Waals surface area contributed by atoms with Crippen LogP contribution in [0.4, 0.5) is 0 Å². The van der Waals surface area contributed by atoms with Gasteiger partial charge >= 0.3 is 0 Å². The second kappa shape index (κ2) is 4.23. The van der Waals surface area contributed by atoms with Crippen LogP contribution in [-0.4, -0.2) is 31.0 Å². The molecule has 1 atom stereocenters. The number of hydrogen-bond donors (Lipinski definition) is 1. The van der Waals surface area contributed by atoms with Crippen molar-refractivity contribution in [3.05, 3.63) is 29.3 Å². The fraction of sp³-hybridized carbons (Fsp3) is 0.533. The fourth-order valence-electron chi connectivity index (χ4n) is 3.05. The zero-order valence-corrected chi connectivity index (χ0v) is 11.5. The average molecular weight is 260 g/mol. The van der Waals surface area contributed by atoms with Crippen LogP contribution in [0.15, 0.2) is 18.2 Å². The van der Waals surface area contributed by atoms with Crippen LogP contribution < -0.4 is 10.5 Å². The molecule has 0 aromatic heterocycles. The van der Waals surface area contributed by atoms with E-state index in [-0.39, 0.29) is 5.91 Å². The van der Waals surface area contributed by atoms with Crippen molar-refractivity contribution in [1.29, 1.82) is 0 Å². The Hall–Kier alpha value is -1.55. The first-order chi connectivity index (χ1) is 9.08. The van der Waals surface area contributed by atoms with Crippen molar-refractivity contribution >= 4 is 5.91 Å². The summed E-state index contributed by atoms with van der Waals surface area (Å²) in [6, 6.07) is 6.19. The van der Waals surface area contributed by atoms with Gasteiger partial charge in [0.15, 0.2) is 0 Å². The Balaban J connectivity index is 1.97. The Kier molecular flexibility index (Phi) is 2.78. The SMILES string of the molecule is COc1cccc2c1CCC2(N)C(=O)N(C)C1CC1. The summed E-state index contributed by atoms with van der Waals surface area (Å²) in [5.41, 5.74) is 7.61. The fourth-order valence-corrected chi connectivity index (χ4v) is 3.05. The van der Waals surface area contributed by atoms with Crippen LogP contribution >= 0.6 is 0 Å². The molecule has 1 amide bonds. The highest BCUT2D eigenvalue weighted by Gasteiger charge is 2.46. The van der Waals surface area contributed by atoms with E-state index in [1.54, 1.807) is 7.11 Å². The van der Waals surface area contributed by atoms with Gasteiger partial charge in [-0.15, -0.1) is 0 Å². The minimum absolute atomic E-state index is 0.0435. The molecular formula is C15H20N2O2. The molecule has 0 bridgehead atoms. The van der Waals surface area contributed by atoms with Gasteiger partial charge in [-0.2, -0.15) is 0 Å². The van der Waals surface area contributed by atoms with Gasteiger partial charge in [-0.25, -0.2) is 0 Å². The molecule has 0 radical (unpaired) electrons. The van der Waals surface area contributed by atoms with Crippen LogP contribution in [0.5, 0.6) is 5.75 Å². The third-order valence-corrected chi connectivity index (χ3v) is 4.40. The molecule has 4 heteroatoms. The van der Waals surface area contributed by atoms with Crippen molar-refractivity contribution in [2.24, 2.45) is 5.73 Å². The molecule has 0 aliphatic heterocycles. The zero-order valence-electron chi connectivity index (χ0n) is 11.5. The highest BCUT2D eigenvalue weighted by molar-refractivity contribution is 5.89. The summed E-state index contributed by atoms with van der Waals surface area (Å²) in [7, 11) is 3.52. The molecule has 1 aromatic rings. The highest BCUT2D eigenvalue weighted by Crippen LogP contribution is 2.41. The van der Waals surface area contributed by atoms with Gasteiger partial charge in [0.1, 0.15) is 11.3 Å². The van der Waals surface area contributed by atoms with Gasteiger partial charge in [0, 0.05) is 13.1 Å². The second-order valence-electron chi connectivity index (χ2n) is 5.60. The number of carbonyl (C=O) groups is 1. The predicted octanol–water partition coefficient (Wildman–Crippen LogP) is 1.42. The number of methoxy groups -OCH3 is 1. The molecule has 1 unspecified atom stereocenters. The minimum atomic E-state index is -0.874. The largest absolute Gasteiger partial charge is 0.496 e. The van der Waals surface area contributed by atoms with Crippen LogP contribution in [0.2, 0.25) is 0 Å². The molecule has 0 spiro atoms. The van der Waals surface area contributed by atoms with Gasteiger partial charge in [-0.1, -0.05) is 12.1 Å². The van der Waals surface area contributed by atoms with E-state index < -0.39 is 5.54 Å². The quantitative estimate of drug-likeness (QED) is 0.894. The Labute approximate surface area is 113 Å². The Morgan fingerprint density at radius 2 is 2.21 bits per heavy atom. The van der Waals surface area contributed by atoms with E-state index in [0.717, 1.165) is 36.1 Å². The molecule has 2 N–H and O–H groups in total. The summed E-state index contributed by atoms with van der Waals surface area (Å²) >= 11 is 0. The summed E-state index contributed by atoms with van der Waals surface area (Å²) in [5.74, 6) is 0.883. The molecule has 19 heavy (non-hydrogen) atoms. The van der Waals surface area contributed by atoms with Crippen LogP contribution in [0, 0.1) is 0 Å². The summed E-state index contributed by atoms with van der Waals surface area (Å²) in [6.45, 7) is 0. The van der Waals surface area contributed by atoms with Crippen molar-refractivity contribution in [1.82, 2.24) is 4.90 Å². The zero-order chi connectivity index (χ0) is 13.6. The van der Waals surface area contributed by atoms with E-state index in [1.165, 1.54) is 0 Å². The first kappa shape index (κ1) is 12.5. The monoisotopic (exact) mass is 260 g/mol. The second-order valence-corrected chi connectivity index (χ2v) is 5.60. The lowest BCUT2D eigenvalue weighted by Crippen LogP contribution is -2.51. The number of likely N-dealkylation sites (N-methyl/N-ethyl adjacent to an activating group) is 1. The molecule has 4 nitrogen and oxygen atoms in total. The van der Waals surface area contributed by atoms with Crippen LogP contribution in [0.3, 0.4) is 0 Å². The topological polar surface area (TPSA) is 55.6 Å². The number of nitrogens with zero attached hydrogens (tertiary/aromatic N) is 1. The van der Waals surface area contributed by atoms with Crippen LogP contribution in [-0.2, 0) is 16.8 Å². The first-order valence-corrected chi connectivity index (χ1v) is 6.80. The van der Waals surface area contributed by atoms with E-state index >= 15 is 0 Å². The molecule has 102 valence electrons. The summed E-state index contributed by atoms with van der Waals surface area (Å²) < 4.78 is 5.37. The van der Waals surface area contributed by atoms with E-state index in [4.69, 9.17) is 10.5 Å². The number of amides is 1. The Morgan fingerprint density at radius 1 is 1.47 bits per heavy atom. The molecule has 1 fully saturated rings. The number of benzene rings is 1. The molecule has 1 saturated carbocycles. The van der Waals surface area contributed by atoms with E-state index in [0.29, 0.717) is 12.5 Å². The summed E-state index contributed by atoms with van der Waals surface area (Å²) in [6.07, 6.45) is 3.67. The lowest BCUT2D eigenvalue weighted by Gasteiger charge is -2.30. The third kappa shape index (κ3) is 1.82. The molecule has 0 heterocycles. The van der Waals surface area contributed by atoms with Crippen molar-refractivity contribution in [3.8, 4) is 5.75 Å². The van der Waals surface area contributed by atoms with Crippen LogP contribution in [0.25, 0.3) is 0 Å². The van der Waals surface area contributed by atoms with Crippen LogP contribution in [0.1, 0.15) is 30.4 Å². The smallest absolute Gasteiger partial charge is 0.247 e. The van der Waals surface area contributed by atoms with Gasteiger partial charge in [0.2, 0.25) is 5.91 Å². The number of carbonyl (C=O) groups excluding carboxylic acids is 1. The Bertz CT molecular complexity index is 525. The van der Waals surface area contributed by atoms with Crippen molar-refractivity contribution < 1.29 is 9.53 Å². The molecule has 3 rings (SSSR count). The maximum absolute atomic E-state index is 12.7. The molecular weight excluding hydrogens is 240 g/mol. The molecule has 2 aliphatic carbocycles. The first-order valence-electron chi connectivity index (χ1n) is 6.80. The Morgan fingerprint density at radius 3 is 2.84 bits per heavy atom. The van der Waals surface area contributed by atoms with Gasteiger partial charge in [-0.3, -0.25) is 4.79 Å². The summed E-state index contributed by atoms with van der Waals surface area (Å²) in [5, 5.41) is 0. The molecule has 0 saturated heterocycles. The van der Waals surface area contributed by atoms with Gasteiger partial charge < -0.3 is 15.4 Å². The maximum Gasteiger partial charge on any atom is 0.247 e. The van der Waals surface area contributed by atoms with Gasteiger partial charge in [0.25, 0.3) is 0 Å².